The van der Waals surface area contributed by atoms with Crippen molar-refractivity contribution in [1.82, 2.24) is 5.32 Å². The lowest BCUT2D eigenvalue weighted by molar-refractivity contribution is 0.193. The Hall–Kier alpha value is -1.06. The van der Waals surface area contributed by atoms with Crippen LogP contribution in [0.2, 0.25) is 0 Å². The molecule has 3 nitrogen and oxygen atoms in total. The molecule has 0 radical (unpaired) electrons. The van der Waals surface area contributed by atoms with Gasteiger partial charge >= 0.3 is 0 Å². The second kappa shape index (κ2) is 7.25. The summed E-state index contributed by atoms with van der Waals surface area (Å²) in [6.45, 7) is 3.90. The number of hydrogen-bond acceptors (Lipinski definition) is 3. The van der Waals surface area contributed by atoms with E-state index in [9.17, 15) is 5.11 Å². The first-order valence-corrected chi connectivity index (χ1v) is 5.79. The van der Waals surface area contributed by atoms with Gasteiger partial charge < -0.3 is 15.2 Å². The standard InChI is InChI=1S/C13H21NO2/c1-3-13(14-9-4-10-16-2)11-5-7-12(15)8-6-11/h5-8,13-15H,3-4,9-10H2,1-2H3. The van der Waals surface area contributed by atoms with E-state index >= 15 is 0 Å². The zero-order valence-corrected chi connectivity index (χ0v) is 10.1. The SMILES string of the molecule is CCC(NCCCOC)c1ccc(O)cc1. The van der Waals surface area contributed by atoms with Gasteiger partial charge in [0.1, 0.15) is 5.75 Å². The minimum Gasteiger partial charge on any atom is -0.508 e. The van der Waals surface area contributed by atoms with Gasteiger partial charge in [0.15, 0.2) is 0 Å². The molecule has 2 N–H and O–H groups in total. The van der Waals surface area contributed by atoms with E-state index in [0.29, 0.717) is 11.8 Å². The van der Waals surface area contributed by atoms with E-state index in [1.54, 1.807) is 19.2 Å². The monoisotopic (exact) mass is 223 g/mol. The van der Waals surface area contributed by atoms with E-state index in [0.717, 1.165) is 26.0 Å². The Morgan fingerprint density at radius 3 is 2.56 bits per heavy atom. The van der Waals surface area contributed by atoms with Crippen LogP contribution in [0.25, 0.3) is 0 Å². The summed E-state index contributed by atoms with van der Waals surface area (Å²) >= 11 is 0. The number of aromatic hydroxyl groups is 1. The molecule has 0 amide bonds. The highest BCUT2D eigenvalue weighted by Crippen LogP contribution is 2.19. The quantitative estimate of drug-likeness (QED) is 0.698. The molecule has 0 spiro atoms. The van der Waals surface area contributed by atoms with Gasteiger partial charge in [-0.3, -0.25) is 0 Å². The van der Waals surface area contributed by atoms with Gasteiger partial charge in [0.25, 0.3) is 0 Å². The molecule has 0 aliphatic rings. The van der Waals surface area contributed by atoms with Crippen LogP contribution in [0.4, 0.5) is 0 Å². The third-order valence-corrected chi connectivity index (χ3v) is 2.62. The molecule has 0 bridgehead atoms. The van der Waals surface area contributed by atoms with Gasteiger partial charge in [0.2, 0.25) is 0 Å². The summed E-state index contributed by atoms with van der Waals surface area (Å²) in [6.07, 6.45) is 2.06. The fourth-order valence-electron chi connectivity index (χ4n) is 1.70. The predicted molar refractivity (Wildman–Crippen MR) is 65.6 cm³/mol. The molecule has 1 unspecified atom stereocenters. The van der Waals surface area contributed by atoms with Crippen LogP contribution in [0, 0.1) is 0 Å². The Morgan fingerprint density at radius 2 is 2.00 bits per heavy atom. The van der Waals surface area contributed by atoms with Gasteiger partial charge in [-0.15, -0.1) is 0 Å². The zero-order chi connectivity index (χ0) is 11.8. The van der Waals surface area contributed by atoms with Crippen molar-refractivity contribution in [3.8, 4) is 5.75 Å². The summed E-state index contributed by atoms with van der Waals surface area (Å²) in [6, 6.07) is 7.75. The van der Waals surface area contributed by atoms with Crippen LogP contribution in [0.1, 0.15) is 31.4 Å². The van der Waals surface area contributed by atoms with Gasteiger partial charge in [0, 0.05) is 19.8 Å². The van der Waals surface area contributed by atoms with E-state index in [1.165, 1.54) is 5.56 Å². The molecule has 16 heavy (non-hydrogen) atoms. The van der Waals surface area contributed by atoms with Crippen molar-refractivity contribution in [2.24, 2.45) is 0 Å². The summed E-state index contributed by atoms with van der Waals surface area (Å²) in [5.41, 5.74) is 1.22. The first-order chi connectivity index (χ1) is 7.77. The van der Waals surface area contributed by atoms with Crippen molar-refractivity contribution in [2.75, 3.05) is 20.3 Å². The van der Waals surface area contributed by atoms with Gasteiger partial charge in [-0.25, -0.2) is 0 Å². The zero-order valence-electron chi connectivity index (χ0n) is 10.1. The molecule has 1 atom stereocenters. The Labute approximate surface area is 97.4 Å². The maximum Gasteiger partial charge on any atom is 0.115 e. The molecule has 90 valence electrons. The summed E-state index contributed by atoms with van der Waals surface area (Å²) in [7, 11) is 1.72. The first-order valence-electron chi connectivity index (χ1n) is 5.79. The highest BCUT2D eigenvalue weighted by Gasteiger charge is 2.07. The minimum absolute atomic E-state index is 0.318. The predicted octanol–water partition coefficient (Wildman–Crippen LogP) is 2.47. The lowest BCUT2D eigenvalue weighted by Crippen LogP contribution is -2.22. The van der Waals surface area contributed by atoms with Gasteiger partial charge in [-0.05, 0) is 37.1 Å². The molecular weight excluding hydrogens is 202 g/mol. The summed E-state index contributed by atoms with van der Waals surface area (Å²) in [5.74, 6) is 0.318. The highest BCUT2D eigenvalue weighted by atomic mass is 16.5. The number of benzene rings is 1. The molecule has 0 fully saturated rings. The summed E-state index contributed by atoms with van der Waals surface area (Å²) in [4.78, 5) is 0. The van der Waals surface area contributed by atoms with Gasteiger partial charge in [-0.2, -0.15) is 0 Å². The fourth-order valence-corrected chi connectivity index (χ4v) is 1.70. The van der Waals surface area contributed by atoms with Crippen molar-refractivity contribution in [1.29, 1.82) is 0 Å². The van der Waals surface area contributed by atoms with Gasteiger partial charge in [0.05, 0.1) is 0 Å². The van der Waals surface area contributed by atoms with Crippen LogP contribution < -0.4 is 5.32 Å². The van der Waals surface area contributed by atoms with Crippen LogP contribution in [0.5, 0.6) is 5.75 Å². The minimum atomic E-state index is 0.318. The number of hydrogen-bond donors (Lipinski definition) is 2. The van der Waals surface area contributed by atoms with E-state index in [2.05, 4.69) is 12.2 Å². The van der Waals surface area contributed by atoms with Crippen molar-refractivity contribution < 1.29 is 9.84 Å². The van der Waals surface area contributed by atoms with E-state index in [-0.39, 0.29) is 0 Å². The topological polar surface area (TPSA) is 41.5 Å². The molecule has 1 aromatic rings. The fraction of sp³-hybridized carbons (Fsp3) is 0.538. The molecule has 3 heteroatoms. The maximum absolute atomic E-state index is 9.22. The lowest BCUT2D eigenvalue weighted by Gasteiger charge is -2.17. The molecule has 1 aromatic carbocycles. The highest BCUT2D eigenvalue weighted by molar-refractivity contribution is 5.27. The second-order valence-electron chi connectivity index (χ2n) is 3.85. The summed E-state index contributed by atoms with van der Waals surface area (Å²) in [5, 5.41) is 12.7. The van der Waals surface area contributed by atoms with Crippen LogP contribution in [-0.4, -0.2) is 25.4 Å². The average Bonchev–Trinajstić information content (AvgIpc) is 2.31. The van der Waals surface area contributed by atoms with Crippen LogP contribution in [0.15, 0.2) is 24.3 Å². The number of ether oxygens (including phenoxy) is 1. The van der Waals surface area contributed by atoms with Crippen LogP contribution in [-0.2, 0) is 4.74 Å². The van der Waals surface area contributed by atoms with Crippen molar-refractivity contribution in [2.45, 2.75) is 25.8 Å². The molecule has 0 saturated heterocycles. The van der Waals surface area contributed by atoms with E-state index < -0.39 is 0 Å². The number of phenolic OH excluding ortho intramolecular Hbond substituents is 1. The Kier molecular flexibility index (Phi) is 5.90. The number of methoxy groups -OCH3 is 1. The Morgan fingerprint density at radius 1 is 1.31 bits per heavy atom. The number of nitrogens with one attached hydrogen (secondary N) is 1. The van der Waals surface area contributed by atoms with E-state index in [4.69, 9.17) is 4.74 Å². The van der Waals surface area contributed by atoms with Crippen molar-refractivity contribution in [3.63, 3.8) is 0 Å². The van der Waals surface area contributed by atoms with Crippen LogP contribution >= 0.6 is 0 Å². The van der Waals surface area contributed by atoms with E-state index in [1.807, 2.05) is 12.1 Å². The van der Waals surface area contributed by atoms with Crippen molar-refractivity contribution in [3.05, 3.63) is 29.8 Å². The molecule has 0 saturated carbocycles. The second-order valence-corrected chi connectivity index (χ2v) is 3.85. The van der Waals surface area contributed by atoms with Crippen LogP contribution in [0.3, 0.4) is 0 Å². The number of rotatable bonds is 7. The normalized spacial score (nSPS) is 12.6. The number of phenols is 1. The smallest absolute Gasteiger partial charge is 0.115 e. The maximum atomic E-state index is 9.22. The third kappa shape index (κ3) is 4.21. The largest absolute Gasteiger partial charge is 0.508 e. The first kappa shape index (κ1) is 13.0. The Bertz CT molecular complexity index is 284. The summed E-state index contributed by atoms with van der Waals surface area (Å²) < 4.78 is 5.01. The molecule has 1 rings (SSSR count). The third-order valence-electron chi connectivity index (χ3n) is 2.62. The molecule has 0 aliphatic heterocycles. The Balaban J connectivity index is 2.44. The molecular formula is C13H21NO2. The molecule has 0 aromatic heterocycles. The molecule has 0 aliphatic carbocycles. The van der Waals surface area contributed by atoms with Gasteiger partial charge in [-0.1, -0.05) is 19.1 Å². The van der Waals surface area contributed by atoms with Crippen molar-refractivity contribution >= 4 is 0 Å². The average molecular weight is 223 g/mol. The lowest BCUT2D eigenvalue weighted by atomic mass is 10.0. The molecule has 0 heterocycles.